The molecule has 12 rings (SSSR count). The summed E-state index contributed by atoms with van der Waals surface area (Å²) in [5.41, 5.74) is 14.2. The van der Waals surface area contributed by atoms with E-state index in [2.05, 4.69) is 183 Å². The Morgan fingerprint density at radius 3 is 1.22 bits per heavy atom. The molecule has 2 N–H and O–H groups in total. The first-order valence-electron chi connectivity index (χ1n) is 22.2. The molecule has 0 bridgehead atoms. The fraction of sp³-hybridized carbons (Fsp3) is 0. The van der Waals surface area contributed by atoms with Crippen molar-refractivity contribution >= 4 is 95.3 Å². The highest BCUT2D eigenvalue weighted by atomic mass is 79.9. The number of fused-ring (bicyclic) bond motifs is 6. The molecular weight excluding hydrogens is 942 g/mol. The molecule has 4 nitrogen and oxygen atoms in total. The van der Waals surface area contributed by atoms with Crippen LogP contribution in [0.25, 0.3) is 88.4 Å². The van der Waals surface area contributed by atoms with Crippen LogP contribution in [0, 0.1) is 0 Å². The zero-order valence-electron chi connectivity index (χ0n) is 36.6. The molecule has 2 heterocycles. The zero-order chi connectivity index (χ0) is 46.6. The topological polar surface area (TPSA) is 50.3 Å². The molecule has 328 valence electrons. The number of halogens is 3. The van der Waals surface area contributed by atoms with Gasteiger partial charge in [-0.2, -0.15) is 0 Å². The molecule has 0 aliphatic carbocycles. The summed E-state index contributed by atoms with van der Waals surface area (Å²) in [4.78, 5) is 0. The second-order valence-corrected chi connectivity index (χ2v) is 18.0. The van der Waals surface area contributed by atoms with E-state index in [0.717, 1.165) is 42.6 Å². The van der Waals surface area contributed by atoms with Crippen LogP contribution in [0.5, 0.6) is 0 Å². The van der Waals surface area contributed by atoms with Gasteiger partial charge in [-0.1, -0.05) is 205 Å². The molecule has 68 heavy (non-hydrogen) atoms. The van der Waals surface area contributed by atoms with E-state index in [1.807, 2.05) is 72.8 Å². The van der Waals surface area contributed by atoms with E-state index in [0.29, 0.717) is 5.46 Å². The Kier molecular flexibility index (Phi) is 13.1. The highest BCUT2D eigenvalue weighted by Gasteiger charge is 2.17. The summed E-state index contributed by atoms with van der Waals surface area (Å²) in [5.74, 6) is 0. The summed E-state index contributed by atoms with van der Waals surface area (Å²) in [6, 6.07) is 82.4. The monoisotopic (exact) mass is 982 g/mol. The lowest BCUT2D eigenvalue weighted by molar-refractivity contribution is 0.426. The van der Waals surface area contributed by atoms with Crippen LogP contribution in [0.2, 0.25) is 10.0 Å². The molecule has 0 amide bonds. The average Bonchev–Trinajstić information content (AvgIpc) is 3.91. The summed E-state index contributed by atoms with van der Waals surface area (Å²) in [6.45, 7) is 0. The third-order valence-corrected chi connectivity index (χ3v) is 13.2. The van der Waals surface area contributed by atoms with Gasteiger partial charge in [0.2, 0.25) is 0 Å². The van der Waals surface area contributed by atoms with Crippen molar-refractivity contribution in [2.24, 2.45) is 0 Å². The van der Waals surface area contributed by atoms with E-state index in [9.17, 15) is 0 Å². The van der Waals surface area contributed by atoms with Gasteiger partial charge in [0, 0.05) is 41.6 Å². The van der Waals surface area contributed by atoms with Gasteiger partial charge in [-0.15, -0.1) is 0 Å². The van der Waals surface area contributed by atoms with E-state index in [1.165, 1.54) is 60.3 Å². The molecule has 8 heteroatoms. The van der Waals surface area contributed by atoms with Crippen LogP contribution in [0.4, 0.5) is 0 Å². The number of aromatic nitrogens is 2. The van der Waals surface area contributed by atoms with Crippen LogP contribution in [0.15, 0.2) is 247 Å². The number of hydrogen-bond acceptors (Lipinski definition) is 2. The first-order valence-corrected chi connectivity index (χ1v) is 23.8. The molecule has 0 radical (unpaired) electrons. The maximum absolute atomic E-state index is 9.05. The third-order valence-electron chi connectivity index (χ3n) is 12.1. The number of hydrogen-bond donors (Lipinski definition) is 2. The van der Waals surface area contributed by atoms with Crippen LogP contribution in [-0.2, 0) is 0 Å². The van der Waals surface area contributed by atoms with Crippen LogP contribution in [0.1, 0.15) is 0 Å². The normalized spacial score (nSPS) is 11.0. The molecule has 0 spiro atoms. The van der Waals surface area contributed by atoms with Gasteiger partial charge < -0.3 is 19.2 Å². The predicted molar refractivity (Wildman–Crippen MR) is 292 cm³/mol. The molecule has 0 saturated heterocycles. The van der Waals surface area contributed by atoms with Crippen molar-refractivity contribution in [3.63, 3.8) is 0 Å². The quantitative estimate of drug-likeness (QED) is 0.163. The Morgan fingerprint density at radius 1 is 0.338 bits per heavy atom. The van der Waals surface area contributed by atoms with Gasteiger partial charge in [-0.3, -0.25) is 0 Å². The minimum Gasteiger partial charge on any atom is -0.423 e. The maximum Gasteiger partial charge on any atom is 0.488 e. The Labute approximate surface area is 413 Å². The van der Waals surface area contributed by atoms with Crippen molar-refractivity contribution in [3.8, 4) is 44.8 Å². The molecular formula is C60H42BBrCl2N2O2. The summed E-state index contributed by atoms with van der Waals surface area (Å²) >= 11 is 16.4. The fourth-order valence-electron chi connectivity index (χ4n) is 8.96. The Bertz CT molecular complexity index is 3620. The first kappa shape index (κ1) is 44.7. The highest BCUT2D eigenvalue weighted by molar-refractivity contribution is 9.10. The number of nitrogens with zero attached hydrogens (tertiary/aromatic N) is 2. The van der Waals surface area contributed by atoms with Crippen molar-refractivity contribution in [2.75, 3.05) is 0 Å². The van der Waals surface area contributed by atoms with Crippen molar-refractivity contribution in [3.05, 3.63) is 257 Å². The number of rotatable bonds is 6. The minimum absolute atomic E-state index is 0.511. The Hall–Kier alpha value is -7.16. The smallest absolute Gasteiger partial charge is 0.423 e. The van der Waals surface area contributed by atoms with Gasteiger partial charge >= 0.3 is 7.12 Å². The number of benzene rings is 10. The van der Waals surface area contributed by atoms with E-state index < -0.39 is 7.12 Å². The molecule has 12 aromatic rings. The van der Waals surface area contributed by atoms with E-state index >= 15 is 0 Å². The second-order valence-electron chi connectivity index (χ2n) is 16.3. The standard InChI is InChI=1S/C30H20ClN.C18H11BrClN.C12H11BO2/c31-24-17-18-25(23-12-8-11-22(19-23)21-9-2-1-3-10-21)30(20-24)32-28-15-6-4-13-26(28)27-14-5-7-16-29(27)32;19-15-10-9-12(20)11-18(15)21-16-7-3-1-5-13(16)14-6-2-4-8-17(14)21;14-13(15)12-8-4-7-11(9-12)10-5-2-1-3-6-10/h1-20H;1-11H;1-9,14-15H. The lowest BCUT2D eigenvalue weighted by Gasteiger charge is -2.15. The summed E-state index contributed by atoms with van der Waals surface area (Å²) < 4.78 is 5.61. The SMILES string of the molecule is Clc1ccc(-c2cccc(-c3ccccc3)c2)c(-n2c3ccccc3c3ccccc32)c1.Clc1ccc(Br)c(-n2c3ccccc3c3ccccc32)c1.OB(O)c1cccc(-c2ccccc2)c1. The molecule has 2 aromatic heterocycles. The maximum atomic E-state index is 9.05. The van der Waals surface area contributed by atoms with Gasteiger partial charge in [0.05, 0.1) is 33.4 Å². The zero-order valence-corrected chi connectivity index (χ0v) is 39.7. The van der Waals surface area contributed by atoms with Gasteiger partial charge in [0.1, 0.15) is 0 Å². The second kappa shape index (κ2) is 20.0. The molecule has 0 fully saturated rings. The lowest BCUT2D eigenvalue weighted by Crippen LogP contribution is -2.29. The largest absolute Gasteiger partial charge is 0.488 e. The summed E-state index contributed by atoms with van der Waals surface area (Å²) in [7, 11) is -1.41. The molecule has 0 unspecified atom stereocenters. The van der Waals surface area contributed by atoms with Gasteiger partial charge in [0.15, 0.2) is 0 Å². The molecule has 0 aliphatic rings. The first-order chi connectivity index (χ1) is 33.3. The average molecular weight is 985 g/mol. The van der Waals surface area contributed by atoms with Crippen molar-refractivity contribution in [1.29, 1.82) is 0 Å². The third kappa shape index (κ3) is 9.13. The number of para-hydroxylation sites is 4. The van der Waals surface area contributed by atoms with E-state index in [4.69, 9.17) is 33.2 Å². The van der Waals surface area contributed by atoms with Crippen molar-refractivity contribution in [1.82, 2.24) is 9.13 Å². The predicted octanol–water partition coefficient (Wildman–Crippen LogP) is 16.0. The van der Waals surface area contributed by atoms with Crippen LogP contribution in [-0.4, -0.2) is 26.3 Å². The van der Waals surface area contributed by atoms with E-state index in [-0.39, 0.29) is 0 Å². The molecule has 0 saturated carbocycles. The minimum atomic E-state index is -1.41. The Morgan fingerprint density at radius 2 is 0.721 bits per heavy atom. The Balaban J connectivity index is 0.000000129. The summed E-state index contributed by atoms with van der Waals surface area (Å²) in [5, 5.41) is 24.5. The fourth-order valence-corrected chi connectivity index (χ4v) is 9.72. The summed E-state index contributed by atoms with van der Waals surface area (Å²) in [6.07, 6.45) is 0. The highest BCUT2D eigenvalue weighted by Crippen LogP contribution is 2.39. The van der Waals surface area contributed by atoms with Gasteiger partial charge in [-0.05, 0) is 110 Å². The van der Waals surface area contributed by atoms with Gasteiger partial charge in [0.25, 0.3) is 0 Å². The lowest BCUT2D eigenvalue weighted by atomic mass is 9.79. The van der Waals surface area contributed by atoms with Crippen LogP contribution < -0.4 is 5.46 Å². The van der Waals surface area contributed by atoms with Crippen molar-refractivity contribution in [2.45, 2.75) is 0 Å². The van der Waals surface area contributed by atoms with Crippen LogP contribution >= 0.6 is 39.1 Å². The van der Waals surface area contributed by atoms with E-state index in [1.54, 1.807) is 12.1 Å². The molecule has 10 aromatic carbocycles. The molecule has 0 aliphatic heterocycles. The van der Waals surface area contributed by atoms with Gasteiger partial charge in [-0.25, -0.2) is 0 Å². The van der Waals surface area contributed by atoms with Crippen molar-refractivity contribution < 1.29 is 10.0 Å². The van der Waals surface area contributed by atoms with Crippen LogP contribution in [0.3, 0.4) is 0 Å². The molecule has 0 atom stereocenters.